The van der Waals surface area contributed by atoms with Crippen molar-refractivity contribution in [2.75, 3.05) is 25.9 Å². The predicted octanol–water partition coefficient (Wildman–Crippen LogP) is 3.25. The van der Waals surface area contributed by atoms with Crippen LogP contribution in [0.2, 0.25) is 0 Å². The summed E-state index contributed by atoms with van der Waals surface area (Å²) in [5.41, 5.74) is 3.86. The van der Waals surface area contributed by atoms with E-state index in [1.54, 1.807) is 11.9 Å². The van der Waals surface area contributed by atoms with Crippen LogP contribution in [0.4, 0.5) is 0 Å². The minimum Gasteiger partial charge on any atom is -0.296 e. The molecule has 20 heavy (non-hydrogen) atoms. The fourth-order valence-corrected chi connectivity index (χ4v) is 2.38. The van der Waals surface area contributed by atoms with E-state index in [-0.39, 0.29) is 0 Å². The molecule has 0 aromatic heterocycles. The summed E-state index contributed by atoms with van der Waals surface area (Å²) >= 11 is 1.64. The lowest BCUT2D eigenvalue weighted by molar-refractivity contribution is 0.360. The van der Waals surface area contributed by atoms with Crippen LogP contribution in [0, 0.1) is 0 Å². The fraction of sp³-hybridized carbons (Fsp3) is 0.600. The topological polar surface area (TPSA) is 40.0 Å². The molecule has 0 radical (unpaired) electrons. The highest BCUT2D eigenvalue weighted by Crippen LogP contribution is 2.14. The fourth-order valence-electron chi connectivity index (χ4n) is 1.97. The van der Waals surface area contributed by atoms with E-state index >= 15 is 0 Å². The first-order valence-electron chi connectivity index (χ1n) is 7.07. The number of rotatable bonds is 7. The highest BCUT2D eigenvalue weighted by molar-refractivity contribution is 7.98. The van der Waals surface area contributed by atoms with Gasteiger partial charge in [-0.2, -0.15) is 5.10 Å². The van der Waals surface area contributed by atoms with Crippen LogP contribution in [0.3, 0.4) is 0 Å². The summed E-state index contributed by atoms with van der Waals surface area (Å²) in [6.45, 7) is 12.2. The lowest BCUT2D eigenvalue weighted by Gasteiger charge is -2.15. The molecule has 1 aliphatic rings. The van der Waals surface area contributed by atoms with Crippen molar-refractivity contribution < 1.29 is 0 Å². The Balaban J connectivity index is 2.90. The van der Waals surface area contributed by atoms with Crippen molar-refractivity contribution in [1.29, 1.82) is 0 Å². The molecular weight excluding hydrogens is 268 g/mol. The zero-order chi connectivity index (χ0) is 15.0. The number of nitrogens with one attached hydrogen (secondary N) is 1. The third-order valence-electron chi connectivity index (χ3n) is 2.98. The van der Waals surface area contributed by atoms with Gasteiger partial charge in [0.25, 0.3) is 0 Å². The molecule has 0 bridgehead atoms. The Morgan fingerprint density at radius 1 is 1.35 bits per heavy atom. The predicted molar refractivity (Wildman–Crippen MR) is 91.4 cm³/mol. The summed E-state index contributed by atoms with van der Waals surface area (Å²) in [5.74, 6) is 0.862. The van der Waals surface area contributed by atoms with Gasteiger partial charge in [-0.3, -0.25) is 14.7 Å². The molecule has 1 aliphatic heterocycles. The minimum absolute atomic E-state index is 0.862. The SMILES string of the molecule is C=C(C)C(=N/N1CCCC1)/C(=C\C)N=C(C)CSNC. The maximum absolute atomic E-state index is 4.73. The summed E-state index contributed by atoms with van der Waals surface area (Å²) in [7, 11) is 1.92. The van der Waals surface area contributed by atoms with Crippen molar-refractivity contribution in [3.05, 3.63) is 23.9 Å². The van der Waals surface area contributed by atoms with Crippen LogP contribution in [0.25, 0.3) is 0 Å². The Morgan fingerprint density at radius 2 is 2.00 bits per heavy atom. The number of hydrogen-bond donors (Lipinski definition) is 1. The zero-order valence-electron chi connectivity index (χ0n) is 13.1. The molecule has 0 saturated carbocycles. The Kier molecular flexibility index (Phi) is 7.62. The van der Waals surface area contributed by atoms with Crippen LogP contribution in [0.1, 0.15) is 33.6 Å². The maximum Gasteiger partial charge on any atom is 0.111 e. The van der Waals surface area contributed by atoms with E-state index in [9.17, 15) is 0 Å². The van der Waals surface area contributed by atoms with Crippen molar-refractivity contribution in [3.63, 3.8) is 0 Å². The van der Waals surface area contributed by atoms with Gasteiger partial charge in [0.2, 0.25) is 0 Å². The van der Waals surface area contributed by atoms with Gasteiger partial charge in [-0.15, -0.1) is 0 Å². The molecule has 0 amide bonds. The molecule has 0 aromatic rings. The van der Waals surface area contributed by atoms with Crippen LogP contribution in [0.5, 0.6) is 0 Å². The Labute approximate surface area is 127 Å². The van der Waals surface area contributed by atoms with E-state index in [4.69, 9.17) is 10.1 Å². The summed E-state index contributed by atoms with van der Waals surface area (Å²) in [6.07, 6.45) is 4.45. The molecule has 4 nitrogen and oxygen atoms in total. The molecule has 1 heterocycles. The molecule has 1 N–H and O–H groups in total. The zero-order valence-corrected chi connectivity index (χ0v) is 13.9. The second kappa shape index (κ2) is 8.97. The number of aliphatic imine (C=N–C) groups is 1. The average molecular weight is 294 g/mol. The van der Waals surface area contributed by atoms with Gasteiger partial charge < -0.3 is 0 Å². The van der Waals surface area contributed by atoms with E-state index in [0.717, 1.165) is 41.5 Å². The first kappa shape index (κ1) is 17.0. The van der Waals surface area contributed by atoms with Crippen molar-refractivity contribution in [1.82, 2.24) is 9.73 Å². The van der Waals surface area contributed by atoms with Crippen LogP contribution in [0.15, 0.2) is 34.0 Å². The molecule has 0 unspecified atom stereocenters. The van der Waals surface area contributed by atoms with Crippen LogP contribution < -0.4 is 4.72 Å². The Hall–Kier alpha value is -1.07. The third-order valence-corrected chi connectivity index (χ3v) is 3.83. The van der Waals surface area contributed by atoms with Crippen molar-refractivity contribution >= 4 is 23.4 Å². The van der Waals surface area contributed by atoms with Gasteiger partial charge in [0.15, 0.2) is 0 Å². The quantitative estimate of drug-likeness (QED) is 0.579. The molecule has 1 fully saturated rings. The summed E-state index contributed by atoms with van der Waals surface area (Å²) in [4.78, 5) is 4.69. The Bertz CT molecular complexity index is 418. The molecule has 5 heteroatoms. The minimum atomic E-state index is 0.862. The monoisotopic (exact) mass is 294 g/mol. The molecule has 0 aromatic carbocycles. The highest BCUT2D eigenvalue weighted by atomic mass is 32.2. The van der Waals surface area contributed by atoms with Crippen LogP contribution >= 0.6 is 11.9 Å². The third kappa shape index (κ3) is 5.51. The molecule has 0 atom stereocenters. The second-order valence-corrected chi connectivity index (χ2v) is 5.89. The molecule has 1 rings (SSSR count). The lowest BCUT2D eigenvalue weighted by Crippen LogP contribution is -2.17. The van der Waals surface area contributed by atoms with Gasteiger partial charge in [-0.25, -0.2) is 0 Å². The molecule has 112 valence electrons. The second-order valence-electron chi connectivity index (χ2n) is 4.90. The van der Waals surface area contributed by atoms with Crippen molar-refractivity contribution in [3.8, 4) is 0 Å². The smallest absolute Gasteiger partial charge is 0.111 e. The average Bonchev–Trinajstić information content (AvgIpc) is 2.93. The summed E-state index contributed by atoms with van der Waals surface area (Å²) in [5, 5.41) is 6.86. The largest absolute Gasteiger partial charge is 0.296 e. The highest BCUT2D eigenvalue weighted by Gasteiger charge is 2.13. The molecule has 0 aliphatic carbocycles. The van der Waals surface area contributed by atoms with E-state index < -0.39 is 0 Å². The van der Waals surface area contributed by atoms with E-state index in [1.807, 2.05) is 33.9 Å². The van der Waals surface area contributed by atoms with Gasteiger partial charge in [-0.1, -0.05) is 24.6 Å². The standard InChI is InChI=1S/C15H26N4S/c1-6-14(17-13(4)11-20-16-5)15(12(2)3)18-19-9-7-8-10-19/h6,16H,2,7-11H2,1,3-5H3/b14-6+,17-13?,18-15-. The lowest BCUT2D eigenvalue weighted by atomic mass is 10.1. The Morgan fingerprint density at radius 3 is 2.50 bits per heavy atom. The van der Waals surface area contributed by atoms with Crippen molar-refractivity contribution in [2.24, 2.45) is 10.1 Å². The van der Waals surface area contributed by atoms with E-state index in [1.165, 1.54) is 12.8 Å². The molecule has 1 saturated heterocycles. The van der Waals surface area contributed by atoms with Gasteiger partial charge in [0.1, 0.15) is 5.71 Å². The van der Waals surface area contributed by atoms with Gasteiger partial charge in [0, 0.05) is 24.6 Å². The summed E-state index contributed by atoms with van der Waals surface area (Å²) in [6, 6.07) is 0. The number of hydrazone groups is 1. The molecule has 0 spiro atoms. The van der Waals surface area contributed by atoms with Crippen LogP contribution in [-0.4, -0.2) is 42.3 Å². The van der Waals surface area contributed by atoms with Gasteiger partial charge in [0.05, 0.1) is 5.70 Å². The summed E-state index contributed by atoms with van der Waals surface area (Å²) < 4.78 is 3.06. The van der Waals surface area contributed by atoms with E-state index in [0.29, 0.717) is 0 Å². The molecular formula is C15H26N4S. The van der Waals surface area contributed by atoms with Crippen molar-refractivity contribution in [2.45, 2.75) is 33.6 Å². The van der Waals surface area contributed by atoms with Gasteiger partial charge >= 0.3 is 0 Å². The number of nitrogens with zero attached hydrogens (tertiary/aromatic N) is 3. The number of allylic oxidation sites excluding steroid dienone is 2. The van der Waals surface area contributed by atoms with E-state index in [2.05, 4.69) is 16.3 Å². The maximum atomic E-state index is 4.73. The number of hydrogen-bond acceptors (Lipinski definition) is 5. The van der Waals surface area contributed by atoms with Crippen LogP contribution in [-0.2, 0) is 0 Å². The van der Waals surface area contributed by atoms with Gasteiger partial charge in [-0.05, 0) is 46.2 Å². The first-order valence-corrected chi connectivity index (χ1v) is 8.05. The first-order chi connectivity index (χ1) is 9.58. The normalized spacial score (nSPS) is 17.8.